The third-order valence-corrected chi connectivity index (χ3v) is 5.43. The van der Waals surface area contributed by atoms with E-state index in [9.17, 15) is 9.59 Å². The molecule has 1 aliphatic carbocycles. The van der Waals surface area contributed by atoms with E-state index >= 15 is 0 Å². The van der Waals surface area contributed by atoms with Gasteiger partial charge in [0.25, 0.3) is 5.91 Å². The molecule has 1 aromatic carbocycles. The summed E-state index contributed by atoms with van der Waals surface area (Å²) < 4.78 is 16.1. The van der Waals surface area contributed by atoms with Crippen molar-refractivity contribution in [3.05, 3.63) is 46.8 Å². The number of ether oxygens (including phenoxy) is 2. The van der Waals surface area contributed by atoms with E-state index in [-0.39, 0.29) is 18.6 Å². The molecule has 2 aromatic rings. The molecule has 29 heavy (non-hydrogen) atoms. The van der Waals surface area contributed by atoms with Crippen molar-refractivity contribution in [3.63, 3.8) is 0 Å². The predicted octanol–water partition coefficient (Wildman–Crippen LogP) is 3.72. The quantitative estimate of drug-likeness (QED) is 0.713. The summed E-state index contributed by atoms with van der Waals surface area (Å²) in [5.41, 5.74) is 1.99. The first-order valence-corrected chi connectivity index (χ1v) is 10.0. The Hall–Kier alpha value is -2.83. The molecule has 3 rings (SSSR count). The minimum atomic E-state index is -0.556. The van der Waals surface area contributed by atoms with Gasteiger partial charge in [-0.05, 0) is 50.8 Å². The molecule has 1 saturated carbocycles. The van der Waals surface area contributed by atoms with E-state index in [2.05, 4.69) is 17.4 Å². The highest BCUT2D eigenvalue weighted by Crippen LogP contribution is 2.23. The molecule has 1 amide bonds. The molecule has 0 aliphatic heterocycles. The number of nitrogens with zero attached hydrogens (tertiary/aromatic N) is 1. The number of amides is 1. The van der Waals surface area contributed by atoms with Crippen molar-refractivity contribution in [2.45, 2.75) is 59.1 Å². The van der Waals surface area contributed by atoms with E-state index < -0.39 is 5.97 Å². The number of carbonyl (C=O) groups excluding carboxylic acids is 2. The van der Waals surface area contributed by atoms with Crippen molar-refractivity contribution in [1.82, 2.24) is 10.5 Å². The first kappa shape index (κ1) is 20.9. The SMILES string of the molecule is Cc1noc(C)c1COc1cccc(C(=O)OCC(=O)N[C@@H]2CCCC[C@@H]2C)c1. The number of hydrogen-bond donors (Lipinski definition) is 1. The molecule has 0 spiro atoms. The maximum absolute atomic E-state index is 12.3. The lowest BCUT2D eigenvalue weighted by molar-refractivity contribution is -0.125. The van der Waals surface area contributed by atoms with Crippen LogP contribution in [0.15, 0.2) is 28.8 Å². The third-order valence-electron chi connectivity index (χ3n) is 5.43. The van der Waals surface area contributed by atoms with Gasteiger partial charge >= 0.3 is 5.97 Å². The average molecular weight is 400 g/mol. The summed E-state index contributed by atoms with van der Waals surface area (Å²) >= 11 is 0. The highest BCUT2D eigenvalue weighted by molar-refractivity contribution is 5.91. The van der Waals surface area contributed by atoms with Crippen molar-refractivity contribution in [2.75, 3.05) is 6.61 Å². The Morgan fingerprint density at radius 2 is 2.03 bits per heavy atom. The van der Waals surface area contributed by atoms with Gasteiger partial charge in [-0.1, -0.05) is 31.0 Å². The van der Waals surface area contributed by atoms with Crippen LogP contribution in [0.5, 0.6) is 5.75 Å². The molecule has 2 atom stereocenters. The Bertz CT molecular complexity index is 841. The number of aromatic nitrogens is 1. The van der Waals surface area contributed by atoms with E-state index in [1.807, 2.05) is 13.8 Å². The van der Waals surface area contributed by atoms with Gasteiger partial charge < -0.3 is 19.3 Å². The van der Waals surface area contributed by atoms with Gasteiger partial charge in [0.1, 0.15) is 18.1 Å². The van der Waals surface area contributed by atoms with Crippen molar-refractivity contribution < 1.29 is 23.6 Å². The van der Waals surface area contributed by atoms with Gasteiger partial charge in [-0.3, -0.25) is 4.79 Å². The summed E-state index contributed by atoms with van der Waals surface area (Å²) in [6.45, 7) is 5.83. The smallest absolute Gasteiger partial charge is 0.338 e. The van der Waals surface area contributed by atoms with Crippen LogP contribution in [0.25, 0.3) is 0 Å². The lowest BCUT2D eigenvalue weighted by atomic mass is 9.86. The molecule has 1 N–H and O–H groups in total. The fourth-order valence-corrected chi connectivity index (χ4v) is 3.57. The normalized spacial score (nSPS) is 18.9. The summed E-state index contributed by atoms with van der Waals surface area (Å²) in [6.07, 6.45) is 4.42. The zero-order chi connectivity index (χ0) is 20.8. The Kier molecular flexibility index (Phi) is 6.90. The maximum atomic E-state index is 12.3. The van der Waals surface area contributed by atoms with Crippen LogP contribution in [0.2, 0.25) is 0 Å². The first-order chi connectivity index (χ1) is 13.9. The fraction of sp³-hybridized carbons (Fsp3) is 0.500. The molecule has 7 nitrogen and oxygen atoms in total. The molecule has 0 saturated heterocycles. The average Bonchev–Trinajstić information content (AvgIpc) is 3.04. The lowest BCUT2D eigenvalue weighted by Crippen LogP contribution is -2.42. The van der Waals surface area contributed by atoms with Crippen LogP contribution < -0.4 is 10.1 Å². The van der Waals surface area contributed by atoms with E-state index in [1.165, 1.54) is 6.42 Å². The zero-order valence-corrected chi connectivity index (χ0v) is 17.2. The van der Waals surface area contributed by atoms with Gasteiger partial charge in [0.2, 0.25) is 0 Å². The van der Waals surface area contributed by atoms with Crippen LogP contribution in [-0.2, 0) is 16.1 Å². The number of rotatable bonds is 7. The molecule has 7 heteroatoms. The summed E-state index contributed by atoms with van der Waals surface area (Å²) in [5, 5.41) is 6.87. The predicted molar refractivity (Wildman–Crippen MR) is 107 cm³/mol. The van der Waals surface area contributed by atoms with Gasteiger partial charge in [-0.15, -0.1) is 0 Å². The highest BCUT2D eigenvalue weighted by atomic mass is 16.5. The largest absolute Gasteiger partial charge is 0.489 e. The number of nitrogens with one attached hydrogen (secondary N) is 1. The van der Waals surface area contributed by atoms with Crippen LogP contribution in [0.4, 0.5) is 0 Å². The van der Waals surface area contributed by atoms with Gasteiger partial charge in [0, 0.05) is 6.04 Å². The van der Waals surface area contributed by atoms with Crippen molar-refractivity contribution in [3.8, 4) is 5.75 Å². The standard InChI is InChI=1S/C22H28N2O5/c1-14-7-4-5-10-20(14)23-21(25)13-28-22(26)17-8-6-9-18(11-17)27-12-19-15(2)24-29-16(19)3/h6,8-9,11,14,20H,4-5,7,10,12-13H2,1-3H3,(H,23,25)/t14-,20+/m0/s1. The van der Waals surface area contributed by atoms with Crippen LogP contribution in [0.3, 0.4) is 0 Å². The number of carbonyl (C=O) groups is 2. The molecule has 156 valence electrons. The summed E-state index contributed by atoms with van der Waals surface area (Å²) in [7, 11) is 0. The van der Waals surface area contributed by atoms with E-state index in [0.717, 1.165) is 30.5 Å². The van der Waals surface area contributed by atoms with Crippen LogP contribution in [0.1, 0.15) is 60.0 Å². The Balaban J connectivity index is 1.50. The molecule has 1 aromatic heterocycles. The molecule has 1 heterocycles. The molecular formula is C22H28N2O5. The monoisotopic (exact) mass is 400 g/mol. The minimum Gasteiger partial charge on any atom is -0.489 e. The minimum absolute atomic E-state index is 0.163. The van der Waals surface area contributed by atoms with Crippen LogP contribution in [0, 0.1) is 19.8 Å². The van der Waals surface area contributed by atoms with Crippen molar-refractivity contribution >= 4 is 11.9 Å². The fourth-order valence-electron chi connectivity index (χ4n) is 3.57. The Labute approximate surface area is 170 Å². The molecular weight excluding hydrogens is 372 g/mol. The number of esters is 1. The third kappa shape index (κ3) is 5.59. The van der Waals surface area contributed by atoms with Crippen molar-refractivity contribution in [2.24, 2.45) is 5.92 Å². The summed E-state index contributed by atoms with van der Waals surface area (Å²) in [5.74, 6) is 0.869. The second-order valence-corrected chi connectivity index (χ2v) is 7.63. The Morgan fingerprint density at radius 3 is 2.76 bits per heavy atom. The van der Waals surface area contributed by atoms with Gasteiger partial charge in [-0.2, -0.15) is 0 Å². The number of benzene rings is 1. The van der Waals surface area contributed by atoms with Crippen LogP contribution in [-0.4, -0.2) is 29.7 Å². The molecule has 0 bridgehead atoms. The van der Waals surface area contributed by atoms with E-state index in [4.69, 9.17) is 14.0 Å². The molecule has 0 radical (unpaired) electrons. The molecule has 1 fully saturated rings. The number of hydrogen-bond acceptors (Lipinski definition) is 6. The lowest BCUT2D eigenvalue weighted by Gasteiger charge is -2.29. The van der Waals surface area contributed by atoms with Crippen molar-refractivity contribution in [1.29, 1.82) is 0 Å². The van der Waals surface area contributed by atoms with Gasteiger partial charge in [-0.25, -0.2) is 4.79 Å². The summed E-state index contributed by atoms with van der Waals surface area (Å²) in [4.78, 5) is 24.4. The van der Waals surface area contributed by atoms with Crippen LogP contribution >= 0.6 is 0 Å². The Morgan fingerprint density at radius 1 is 1.24 bits per heavy atom. The summed E-state index contributed by atoms with van der Waals surface area (Å²) in [6, 6.07) is 6.86. The van der Waals surface area contributed by atoms with Gasteiger partial charge in [0.15, 0.2) is 6.61 Å². The van der Waals surface area contributed by atoms with Gasteiger partial charge in [0.05, 0.1) is 16.8 Å². The van der Waals surface area contributed by atoms with E-state index in [0.29, 0.717) is 29.6 Å². The van der Waals surface area contributed by atoms with E-state index in [1.54, 1.807) is 24.3 Å². The number of aryl methyl sites for hydroxylation is 2. The topological polar surface area (TPSA) is 90.7 Å². The highest BCUT2D eigenvalue weighted by Gasteiger charge is 2.23. The zero-order valence-electron chi connectivity index (χ0n) is 17.2. The molecule has 1 aliphatic rings. The first-order valence-electron chi connectivity index (χ1n) is 10.0. The second kappa shape index (κ2) is 9.58. The maximum Gasteiger partial charge on any atom is 0.338 e. The molecule has 0 unspecified atom stereocenters. The second-order valence-electron chi connectivity index (χ2n) is 7.63.